The predicted molar refractivity (Wildman–Crippen MR) is 156 cm³/mol. The number of sulfone groups is 1. The summed E-state index contributed by atoms with van der Waals surface area (Å²) in [6.07, 6.45) is 3.42. The Kier molecular flexibility index (Phi) is 7.99. The van der Waals surface area contributed by atoms with Crippen molar-refractivity contribution in [1.29, 1.82) is 0 Å². The predicted octanol–water partition coefficient (Wildman–Crippen LogP) is 5.62. The minimum Gasteiger partial charge on any atom is -0.487 e. The van der Waals surface area contributed by atoms with Crippen LogP contribution < -0.4 is 15.4 Å². The number of hydrogen-bond donors (Lipinski definition) is 1. The van der Waals surface area contributed by atoms with E-state index in [1.165, 1.54) is 29.7 Å². The molecule has 0 spiro atoms. The number of aliphatic imine (C=N–C) groups is 1. The fourth-order valence-electron chi connectivity index (χ4n) is 4.35. The summed E-state index contributed by atoms with van der Waals surface area (Å²) in [6.45, 7) is 0.643. The van der Waals surface area contributed by atoms with Gasteiger partial charge in [0, 0.05) is 47.1 Å². The van der Waals surface area contributed by atoms with Crippen LogP contribution in [0.2, 0.25) is 5.02 Å². The summed E-state index contributed by atoms with van der Waals surface area (Å²) in [5.41, 5.74) is 11.2. The van der Waals surface area contributed by atoms with E-state index in [2.05, 4.69) is 14.9 Å². The normalized spacial score (nSPS) is 13.8. The van der Waals surface area contributed by atoms with E-state index in [0.29, 0.717) is 29.4 Å². The van der Waals surface area contributed by atoms with Crippen molar-refractivity contribution in [3.63, 3.8) is 0 Å². The molecule has 0 radical (unpaired) electrons. The van der Waals surface area contributed by atoms with E-state index in [1.54, 1.807) is 18.2 Å². The third kappa shape index (κ3) is 6.83. The second-order valence-corrected chi connectivity index (χ2v) is 12.9. The van der Waals surface area contributed by atoms with E-state index in [-0.39, 0.29) is 18.2 Å². The van der Waals surface area contributed by atoms with Gasteiger partial charge < -0.3 is 15.4 Å². The monoisotopic (exact) mass is 584 g/mol. The third-order valence-electron chi connectivity index (χ3n) is 6.08. The van der Waals surface area contributed by atoms with Gasteiger partial charge in [-0.2, -0.15) is 0 Å². The van der Waals surface area contributed by atoms with E-state index >= 15 is 0 Å². The Morgan fingerprint density at radius 1 is 1.18 bits per heavy atom. The highest BCUT2D eigenvalue weighted by atomic mass is 35.5. The maximum absolute atomic E-state index is 13.4. The maximum Gasteiger partial charge on any atom is 0.148 e. The molecule has 1 aliphatic heterocycles. The summed E-state index contributed by atoms with van der Waals surface area (Å²) in [6, 6.07) is 17.4. The first-order valence-electron chi connectivity index (χ1n) is 12.1. The van der Waals surface area contributed by atoms with Gasteiger partial charge in [0.05, 0.1) is 27.2 Å². The number of aromatic nitrogens is 1. The lowest BCUT2D eigenvalue weighted by molar-refractivity contribution is 0.306. The van der Waals surface area contributed by atoms with Gasteiger partial charge >= 0.3 is 0 Å². The van der Waals surface area contributed by atoms with Crippen LogP contribution in [0.25, 0.3) is 11.3 Å². The quantitative estimate of drug-likeness (QED) is 0.274. The SMILES string of the molecule is CS(=O)(=O)CC(N)Cc1nc(-c2ccc3c(c2)C=NCN3c2ccc(OCc3cccc(F)c3)c(Cl)c2)cs1. The summed E-state index contributed by atoms with van der Waals surface area (Å²) >= 11 is 8.00. The number of fused-ring (bicyclic) bond motifs is 1. The molecular formula is C28H26ClFN4O3S2. The maximum atomic E-state index is 13.4. The van der Waals surface area contributed by atoms with E-state index in [4.69, 9.17) is 22.1 Å². The molecule has 0 amide bonds. The molecule has 1 unspecified atom stereocenters. The Labute approximate surface area is 235 Å². The Balaban J connectivity index is 1.30. The molecule has 3 aromatic carbocycles. The zero-order valence-corrected chi connectivity index (χ0v) is 23.4. The molecule has 4 aromatic rings. The molecule has 2 N–H and O–H groups in total. The van der Waals surface area contributed by atoms with Gasteiger partial charge in [0.1, 0.15) is 34.7 Å². The van der Waals surface area contributed by atoms with E-state index in [9.17, 15) is 12.8 Å². The van der Waals surface area contributed by atoms with E-state index in [1.807, 2.05) is 41.9 Å². The van der Waals surface area contributed by atoms with Crippen molar-refractivity contribution in [2.45, 2.75) is 19.1 Å². The molecule has 2 heterocycles. The van der Waals surface area contributed by atoms with Gasteiger partial charge in [-0.05, 0) is 48.0 Å². The number of anilines is 2. The van der Waals surface area contributed by atoms with Crippen molar-refractivity contribution in [2.75, 3.05) is 23.6 Å². The number of thiazole rings is 1. The van der Waals surface area contributed by atoms with Gasteiger partial charge in [-0.15, -0.1) is 11.3 Å². The molecule has 0 bridgehead atoms. The highest BCUT2D eigenvalue weighted by molar-refractivity contribution is 7.90. The number of halogens is 2. The molecule has 39 heavy (non-hydrogen) atoms. The first-order chi connectivity index (χ1) is 18.6. The molecule has 1 atom stereocenters. The van der Waals surface area contributed by atoms with Crippen LogP contribution in [0, 0.1) is 5.82 Å². The lowest BCUT2D eigenvalue weighted by Crippen LogP contribution is -2.31. The second kappa shape index (κ2) is 11.4. The second-order valence-electron chi connectivity index (χ2n) is 9.37. The molecular weight excluding hydrogens is 559 g/mol. The van der Waals surface area contributed by atoms with E-state index < -0.39 is 15.9 Å². The Bertz CT molecular complexity index is 1640. The zero-order valence-electron chi connectivity index (χ0n) is 21.1. The fourth-order valence-corrected chi connectivity index (χ4v) is 6.38. The Hall–Kier alpha value is -3.31. The van der Waals surface area contributed by atoms with Crippen molar-refractivity contribution in [3.05, 3.63) is 93.0 Å². The first-order valence-corrected chi connectivity index (χ1v) is 15.4. The van der Waals surface area contributed by atoms with Crippen molar-refractivity contribution >= 4 is 50.4 Å². The van der Waals surface area contributed by atoms with Gasteiger partial charge in [-0.25, -0.2) is 17.8 Å². The van der Waals surface area contributed by atoms with Crippen molar-refractivity contribution in [1.82, 2.24) is 4.98 Å². The molecule has 11 heteroatoms. The highest BCUT2D eigenvalue weighted by Gasteiger charge is 2.19. The van der Waals surface area contributed by atoms with Gasteiger partial charge in [-0.1, -0.05) is 29.8 Å². The van der Waals surface area contributed by atoms with Crippen molar-refractivity contribution in [3.8, 4) is 17.0 Å². The van der Waals surface area contributed by atoms with Gasteiger partial charge in [0.15, 0.2) is 0 Å². The molecule has 1 aliphatic rings. The van der Waals surface area contributed by atoms with Crippen LogP contribution in [0.5, 0.6) is 5.75 Å². The largest absolute Gasteiger partial charge is 0.487 e. The third-order valence-corrected chi connectivity index (χ3v) is 8.28. The molecule has 0 fully saturated rings. The highest BCUT2D eigenvalue weighted by Crippen LogP contribution is 2.37. The zero-order chi connectivity index (χ0) is 27.6. The lowest BCUT2D eigenvalue weighted by atomic mass is 10.0. The summed E-state index contributed by atoms with van der Waals surface area (Å²) < 4.78 is 42.3. The van der Waals surface area contributed by atoms with Gasteiger partial charge in [0.2, 0.25) is 0 Å². The van der Waals surface area contributed by atoms with Crippen LogP contribution in [0.1, 0.15) is 16.1 Å². The van der Waals surface area contributed by atoms with Crippen LogP contribution in [-0.2, 0) is 22.9 Å². The topological polar surface area (TPSA) is 97.9 Å². The number of hydrogen-bond acceptors (Lipinski definition) is 8. The van der Waals surface area contributed by atoms with Gasteiger partial charge in [-0.3, -0.25) is 4.99 Å². The van der Waals surface area contributed by atoms with Crippen LogP contribution in [0.4, 0.5) is 15.8 Å². The number of rotatable bonds is 9. The van der Waals surface area contributed by atoms with Crippen molar-refractivity contribution < 1.29 is 17.5 Å². The number of nitrogens with two attached hydrogens (primary N) is 1. The fraction of sp³-hybridized carbons (Fsp3) is 0.214. The van der Waals surface area contributed by atoms with E-state index in [0.717, 1.165) is 33.2 Å². The summed E-state index contributed by atoms with van der Waals surface area (Å²) in [4.78, 5) is 11.3. The molecule has 1 aromatic heterocycles. The summed E-state index contributed by atoms with van der Waals surface area (Å²) in [7, 11) is -3.14. The average Bonchev–Trinajstić information content (AvgIpc) is 3.34. The standard InChI is InChI=1S/C28H26ClFN4O3S2/c1-39(35,36)16-22(31)11-28-33-25(15-38-28)19-5-7-26-20(10-19)13-32-17-34(26)23-6-8-27(24(29)12-23)37-14-18-3-2-4-21(30)9-18/h2-10,12-13,15,22H,11,14,16-17,31H2,1H3. The van der Waals surface area contributed by atoms with Crippen LogP contribution in [-0.4, -0.2) is 44.3 Å². The Morgan fingerprint density at radius 3 is 2.79 bits per heavy atom. The minimum atomic E-state index is -3.14. The Morgan fingerprint density at radius 2 is 2.03 bits per heavy atom. The molecule has 202 valence electrons. The summed E-state index contributed by atoms with van der Waals surface area (Å²) in [5.74, 6) is 0.127. The van der Waals surface area contributed by atoms with Crippen molar-refractivity contribution in [2.24, 2.45) is 10.7 Å². The van der Waals surface area contributed by atoms with Gasteiger partial charge in [0.25, 0.3) is 0 Å². The van der Waals surface area contributed by atoms with Crippen LogP contribution >= 0.6 is 22.9 Å². The van der Waals surface area contributed by atoms with Crippen LogP contribution in [0.15, 0.2) is 71.0 Å². The molecule has 7 nitrogen and oxygen atoms in total. The first kappa shape index (κ1) is 27.3. The number of ether oxygens (including phenoxy) is 1. The average molecular weight is 585 g/mol. The molecule has 0 saturated heterocycles. The molecule has 0 aliphatic carbocycles. The number of nitrogens with zero attached hydrogens (tertiary/aromatic N) is 3. The smallest absolute Gasteiger partial charge is 0.148 e. The molecule has 0 saturated carbocycles. The lowest BCUT2D eigenvalue weighted by Gasteiger charge is -2.28. The molecule has 5 rings (SSSR count). The van der Waals surface area contributed by atoms with Crippen LogP contribution in [0.3, 0.4) is 0 Å². The summed E-state index contributed by atoms with van der Waals surface area (Å²) in [5, 5.41) is 3.19. The minimum absolute atomic E-state index is 0.0722. The number of benzene rings is 3.